The zero-order valence-electron chi connectivity index (χ0n) is 7.02. The molecule has 1 aromatic rings. The predicted molar refractivity (Wildman–Crippen MR) is 54.2 cm³/mol. The number of hydrogen-bond donors (Lipinski definition) is 0. The van der Waals surface area contributed by atoms with Crippen LogP contribution in [0.1, 0.15) is 5.37 Å². The first-order chi connectivity index (χ1) is 5.92. The second-order valence-electron chi connectivity index (χ2n) is 2.51. The fourth-order valence-corrected chi connectivity index (χ4v) is 3.36. The number of pyridine rings is 1. The monoisotopic (exact) mass is 231 g/mol. The SMILES string of the molecule is C=CSC1CSc2cccc[n+]21.[Cl-]. The van der Waals surface area contributed by atoms with E-state index in [4.69, 9.17) is 0 Å². The summed E-state index contributed by atoms with van der Waals surface area (Å²) in [6.45, 7) is 3.74. The fourth-order valence-electron chi connectivity index (χ4n) is 1.25. The molecule has 0 spiro atoms. The molecule has 1 aliphatic heterocycles. The van der Waals surface area contributed by atoms with E-state index in [1.807, 2.05) is 17.2 Å². The van der Waals surface area contributed by atoms with E-state index in [-0.39, 0.29) is 12.4 Å². The summed E-state index contributed by atoms with van der Waals surface area (Å²) >= 11 is 3.70. The normalized spacial score (nSPS) is 18.9. The maximum atomic E-state index is 3.74. The van der Waals surface area contributed by atoms with Crippen molar-refractivity contribution in [2.75, 3.05) is 5.75 Å². The number of rotatable bonds is 2. The summed E-state index contributed by atoms with van der Waals surface area (Å²) in [4.78, 5) is 0. The Labute approximate surface area is 93.0 Å². The number of nitrogens with zero attached hydrogens (tertiary/aromatic N) is 1. The second kappa shape index (κ2) is 4.94. The minimum Gasteiger partial charge on any atom is -1.00 e. The highest BCUT2D eigenvalue weighted by Crippen LogP contribution is 2.32. The van der Waals surface area contributed by atoms with Crippen LogP contribution in [0.25, 0.3) is 0 Å². The summed E-state index contributed by atoms with van der Waals surface area (Å²) in [5.41, 5.74) is 0. The van der Waals surface area contributed by atoms with Crippen LogP contribution in [-0.2, 0) is 0 Å². The molecule has 0 fully saturated rings. The number of aromatic nitrogens is 1. The van der Waals surface area contributed by atoms with Crippen LogP contribution in [0, 0.1) is 0 Å². The van der Waals surface area contributed by atoms with E-state index in [9.17, 15) is 0 Å². The molecular formula is C9H10ClNS2. The van der Waals surface area contributed by atoms with Crippen LogP contribution in [-0.4, -0.2) is 5.75 Å². The molecule has 1 nitrogen and oxygen atoms in total. The van der Waals surface area contributed by atoms with Gasteiger partial charge in [0.1, 0.15) is 0 Å². The highest BCUT2D eigenvalue weighted by atomic mass is 35.5. The van der Waals surface area contributed by atoms with Crippen LogP contribution < -0.4 is 17.0 Å². The molecule has 0 aliphatic carbocycles. The van der Waals surface area contributed by atoms with Crippen molar-refractivity contribution in [1.29, 1.82) is 0 Å². The maximum absolute atomic E-state index is 3.74. The van der Waals surface area contributed by atoms with Crippen molar-refractivity contribution in [3.8, 4) is 0 Å². The smallest absolute Gasteiger partial charge is 0.241 e. The average Bonchev–Trinajstić information content (AvgIpc) is 2.50. The summed E-state index contributed by atoms with van der Waals surface area (Å²) in [5.74, 6) is 1.15. The minimum absolute atomic E-state index is 0. The Balaban J connectivity index is 0.000000845. The summed E-state index contributed by atoms with van der Waals surface area (Å²) in [6, 6.07) is 6.32. The van der Waals surface area contributed by atoms with Gasteiger partial charge in [-0.15, -0.1) is 0 Å². The average molecular weight is 232 g/mol. The summed E-state index contributed by atoms with van der Waals surface area (Å²) < 4.78 is 2.30. The number of hydrogen-bond acceptors (Lipinski definition) is 2. The van der Waals surface area contributed by atoms with Gasteiger partial charge in [-0.05, 0) is 23.2 Å². The van der Waals surface area contributed by atoms with Crippen molar-refractivity contribution >= 4 is 23.5 Å². The molecule has 2 heterocycles. The molecule has 0 saturated heterocycles. The van der Waals surface area contributed by atoms with Gasteiger partial charge >= 0.3 is 0 Å². The molecular weight excluding hydrogens is 222 g/mol. The largest absolute Gasteiger partial charge is 1.00 e. The predicted octanol–water partition coefficient (Wildman–Crippen LogP) is -0.541. The van der Waals surface area contributed by atoms with Crippen LogP contribution >= 0.6 is 23.5 Å². The maximum Gasteiger partial charge on any atom is 0.241 e. The lowest BCUT2D eigenvalue weighted by Crippen LogP contribution is -3.00. The Morgan fingerprint density at radius 1 is 1.62 bits per heavy atom. The van der Waals surface area contributed by atoms with Gasteiger partial charge in [-0.1, -0.05) is 18.3 Å². The van der Waals surface area contributed by atoms with Crippen LogP contribution in [0.3, 0.4) is 0 Å². The van der Waals surface area contributed by atoms with E-state index in [0.717, 1.165) is 5.75 Å². The summed E-state index contributed by atoms with van der Waals surface area (Å²) in [6.07, 6.45) is 2.14. The number of halogens is 1. The van der Waals surface area contributed by atoms with Crippen LogP contribution in [0.4, 0.5) is 0 Å². The topological polar surface area (TPSA) is 3.88 Å². The van der Waals surface area contributed by atoms with E-state index < -0.39 is 0 Å². The molecule has 0 amide bonds. The molecule has 1 aromatic heterocycles. The van der Waals surface area contributed by atoms with Gasteiger partial charge in [0.15, 0.2) is 6.20 Å². The molecule has 70 valence electrons. The first-order valence-electron chi connectivity index (χ1n) is 3.81. The van der Waals surface area contributed by atoms with Gasteiger partial charge in [0.05, 0.1) is 5.75 Å². The highest BCUT2D eigenvalue weighted by Gasteiger charge is 2.29. The third kappa shape index (κ3) is 2.22. The zero-order valence-corrected chi connectivity index (χ0v) is 9.41. The van der Waals surface area contributed by atoms with Gasteiger partial charge in [0.25, 0.3) is 0 Å². The third-order valence-electron chi connectivity index (χ3n) is 1.79. The Morgan fingerprint density at radius 3 is 3.23 bits per heavy atom. The Hall–Kier alpha value is -0.120. The van der Waals surface area contributed by atoms with E-state index in [0.29, 0.717) is 5.37 Å². The van der Waals surface area contributed by atoms with Gasteiger partial charge < -0.3 is 12.4 Å². The van der Waals surface area contributed by atoms with E-state index in [1.54, 1.807) is 11.8 Å². The lowest BCUT2D eigenvalue weighted by molar-refractivity contribution is -0.726. The Bertz CT molecular complexity index is 303. The van der Waals surface area contributed by atoms with Crippen molar-refractivity contribution in [3.63, 3.8) is 0 Å². The Kier molecular flexibility index (Phi) is 4.16. The van der Waals surface area contributed by atoms with Crippen molar-refractivity contribution in [1.82, 2.24) is 0 Å². The first kappa shape index (κ1) is 11.0. The molecule has 13 heavy (non-hydrogen) atoms. The van der Waals surface area contributed by atoms with Crippen LogP contribution in [0.2, 0.25) is 0 Å². The van der Waals surface area contributed by atoms with E-state index in [2.05, 4.69) is 35.5 Å². The van der Waals surface area contributed by atoms with Crippen LogP contribution in [0.15, 0.2) is 41.4 Å². The Morgan fingerprint density at radius 2 is 2.46 bits per heavy atom. The zero-order chi connectivity index (χ0) is 8.39. The van der Waals surface area contributed by atoms with E-state index >= 15 is 0 Å². The number of fused-ring (bicyclic) bond motifs is 1. The molecule has 1 atom stereocenters. The molecule has 0 N–H and O–H groups in total. The van der Waals surface area contributed by atoms with Gasteiger partial charge in [0.2, 0.25) is 10.4 Å². The molecule has 0 radical (unpaired) electrons. The molecule has 1 unspecified atom stereocenters. The van der Waals surface area contributed by atoms with Crippen LogP contribution in [0.5, 0.6) is 0 Å². The molecule has 4 heteroatoms. The van der Waals surface area contributed by atoms with Crippen molar-refractivity contribution in [2.45, 2.75) is 10.4 Å². The highest BCUT2D eigenvalue weighted by molar-refractivity contribution is 8.04. The fraction of sp³-hybridized carbons (Fsp3) is 0.222. The number of thioether (sulfide) groups is 2. The lowest BCUT2D eigenvalue weighted by atomic mass is 10.5. The standard InChI is InChI=1S/C9H10NS2.ClH/c1-2-11-9-7-12-8-5-3-4-6-10(8)9;/h2-6,9H,1,7H2;1H/q+1;/p-1. The summed E-state index contributed by atoms with van der Waals surface area (Å²) in [5, 5.41) is 3.82. The van der Waals surface area contributed by atoms with Gasteiger partial charge in [-0.2, -0.15) is 4.57 Å². The van der Waals surface area contributed by atoms with Crippen molar-refractivity contribution < 1.29 is 17.0 Å². The molecule has 0 bridgehead atoms. The lowest BCUT2D eigenvalue weighted by Gasteiger charge is -1.99. The third-order valence-corrected chi connectivity index (χ3v) is 4.02. The molecule has 1 aliphatic rings. The summed E-state index contributed by atoms with van der Waals surface area (Å²) in [7, 11) is 0. The van der Waals surface area contributed by atoms with Crippen molar-refractivity contribution in [2.24, 2.45) is 0 Å². The second-order valence-corrected chi connectivity index (χ2v) is 4.70. The first-order valence-corrected chi connectivity index (χ1v) is 5.74. The minimum atomic E-state index is 0. The van der Waals surface area contributed by atoms with Gasteiger partial charge in [-0.3, -0.25) is 0 Å². The molecule has 2 rings (SSSR count). The van der Waals surface area contributed by atoms with Gasteiger partial charge in [0, 0.05) is 12.1 Å². The molecule has 0 saturated carbocycles. The molecule has 0 aromatic carbocycles. The van der Waals surface area contributed by atoms with E-state index in [1.165, 1.54) is 5.03 Å². The quantitative estimate of drug-likeness (QED) is 0.630. The van der Waals surface area contributed by atoms with Crippen molar-refractivity contribution in [3.05, 3.63) is 36.4 Å². The van der Waals surface area contributed by atoms with Gasteiger partial charge in [-0.25, -0.2) is 0 Å².